The van der Waals surface area contributed by atoms with Gasteiger partial charge in [-0.05, 0) is 24.5 Å². The molecule has 4 nitrogen and oxygen atoms in total. The number of halogens is 1. The van der Waals surface area contributed by atoms with Crippen LogP contribution >= 0.6 is 12.4 Å². The summed E-state index contributed by atoms with van der Waals surface area (Å²) in [5, 5.41) is 2.95. The summed E-state index contributed by atoms with van der Waals surface area (Å²) in [5.74, 6) is 0.940. The molecule has 1 aromatic carbocycles. The van der Waals surface area contributed by atoms with Gasteiger partial charge >= 0.3 is 0 Å². The van der Waals surface area contributed by atoms with Crippen LogP contribution in [-0.2, 0) is 0 Å². The molecule has 0 spiro atoms. The van der Waals surface area contributed by atoms with Crippen LogP contribution < -0.4 is 15.8 Å². The highest BCUT2D eigenvalue weighted by molar-refractivity contribution is 5.97. The van der Waals surface area contributed by atoms with Crippen LogP contribution in [0.3, 0.4) is 0 Å². The first-order chi connectivity index (χ1) is 8.58. The molecule has 1 aromatic rings. The lowest BCUT2D eigenvalue weighted by Gasteiger charge is -2.19. The number of nitrogens with one attached hydrogen (secondary N) is 1. The fourth-order valence-corrected chi connectivity index (χ4v) is 1.88. The molecule has 0 aromatic heterocycles. The number of benzene rings is 1. The van der Waals surface area contributed by atoms with Gasteiger partial charge in [-0.1, -0.05) is 26.0 Å². The Morgan fingerprint density at radius 1 is 1.37 bits per heavy atom. The van der Waals surface area contributed by atoms with Gasteiger partial charge in [-0.25, -0.2) is 0 Å². The van der Waals surface area contributed by atoms with E-state index in [-0.39, 0.29) is 24.4 Å². The number of carbonyl (C=O) groups is 1. The van der Waals surface area contributed by atoms with Gasteiger partial charge in [0.05, 0.1) is 12.7 Å². The minimum absolute atomic E-state index is 0. The summed E-state index contributed by atoms with van der Waals surface area (Å²) in [6.07, 6.45) is 0.872. The molecule has 0 saturated carbocycles. The smallest absolute Gasteiger partial charge is 0.255 e. The molecule has 5 heteroatoms. The van der Waals surface area contributed by atoms with Crippen molar-refractivity contribution in [3.8, 4) is 5.75 Å². The summed E-state index contributed by atoms with van der Waals surface area (Å²) in [6.45, 7) is 4.66. The van der Waals surface area contributed by atoms with Crippen LogP contribution in [0.25, 0.3) is 0 Å². The van der Waals surface area contributed by atoms with E-state index in [9.17, 15) is 4.79 Å². The predicted molar refractivity (Wildman–Crippen MR) is 80.0 cm³/mol. The molecule has 0 aliphatic rings. The number of nitrogens with two attached hydrogens (primary N) is 1. The van der Waals surface area contributed by atoms with Gasteiger partial charge in [-0.2, -0.15) is 0 Å². The van der Waals surface area contributed by atoms with Crippen molar-refractivity contribution in [1.29, 1.82) is 0 Å². The van der Waals surface area contributed by atoms with Crippen molar-refractivity contribution >= 4 is 18.3 Å². The molecule has 1 rings (SSSR count). The zero-order valence-corrected chi connectivity index (χ0v) is 12.5. The number of para-hydroxylation sites is 1. The number of hydrogen-bond donors (Lipinski definition) is 2. The van der Waals surface area contributed by atoms with E-state index < -0.39 is 0 Å². The molecular formula is C14H23ClN2O2. The monoisotopic (exact) mass is 286 g/mol. The lowest BCUT2D eigenvalue weighted by atomic mass is 10.0. The highest BCUT2D eigenvalue weighted by Gasteiger charge is 2.16. The fraction of sp³-hybridized carbons (Fsp3) is 0.500. The van der Waals surface area contributed by atoms with Crippen molar-refractivity contribution in [1.82, 2.24) is 5.32 Å². The van der Waals surface area contributed by atoms with Crippen LogP contribution in [0, 0.1) is 5.92 Å². The Hall–Kier alpha value is -1.26. The van der Waals surface area contributed by atoms with Gasteiger partial charge < -0.3 is 15.8 Å². The number of rotatable bonds is 6. The minimum atomic E-state index is -0.136. The number of carbonyl (C=O) groups excluding carboxylic acids is 1. The van der Waals surface area contributed by atoms with Gasteiger partial charge in [0.25, 0.3) is 5.91 Å². The molecule has 1 unspecified atom stereocenters. The molecule has 19 heavy (non-hydrogen) atoms. The molecule has 1 amide bonds. The third-order valence-electron chi connectivity index (χ3n) is 2.73. The Labute approximate surface area is 121 Å². The van der Waals surface area contributed by atoms with E-state index in [1.807, 2.05) is 12.1 Å². The number of amides is 1. The largest absolute Gasteiger partial charge is 0.496 e. The van der Waals surface area contributed by atoms with Crippen molar-refractivity contribution in [3.05, 3.63) is 29.8 Å². The minimum Gasteiger partial charge on any atom is -0.496 e. The lowest BCUT2D eigenvalue weighted by molar-refractivity contribution is 0.0930. The molecule has 0 heterocycles. The zero-order chi connectivity index (χ0) is 13.5. The van der Waals surface area contributed by atoms with Crippen LogP contribution in [-0.4, -0.2) is 25.6 Å². The highest BCUT2D eigenvalue weighted by atomic mass is 35.5. The first kappa shape index (κ1) is 17.7. The molecule has 0 aliphatic heterocycles. The van der Waals surface area contributed by atoms with Crippen LogP contribution in [0.2, 0.25) is 0 Å². The summed E-state index contributed by atoms with van der Waals surface area (Å²) in [4.78, 5) is 12.1. The second-order valence-corrected chi connectivity index (χ2v) is 4.74. The van der Waals surface area contributed by atoms with Crippen molar-refractivity contribution in [2.75, 3.05) is 13.7 Å². The second kappa shape index (κ2) is 8.77. The van der Waals surface area contributed by atoms with Crippen LogP contribution in [0.5, 0.6) is 5.75 Å². The normalized spacial score (nSPS) is 11.6. The van der Waals surface area contributed by atoms with Gasteiger partial charge in [0.1, 0.15) is 5.75 Å². The second-order valence-electron chi connectivity index (χ2n) is 4.74. The third kappa shape index (κ3) is 5.49. The van der Waals surface area contributed by atoms with E-state index in [2.05, 4.69) is 19.2 Å². The van der Waals surface area contributed by atoms with Gasteiger partial charge in [0, 0.05) is 12.6 Å². The van der Waals surface area contributed by atoms with Crippen molar-refractivity contribution in [2.45, 2.75) is 26.3 Å². The molecule has 0 bridgehead atoms. The van der Waals surface area contributed by atoms with Crippen molar-refractivity contribution in [2.24, 2.45) is 11.7 Å². The van der Waals surface area contributed by atoms with E-state index in [4.69, 9.17) is 10.5 Å². The third-order valence-corrected chi connectivity index (χ3v) is 2.73. The SMILES string of the molecule is COc1ccccc1C(=O)NC(CN)CC(C)C.Cl. The molecule has 0 radical (unpaired) electrons. The summed E-state index contributed by atoms with van der Waals surface area (Å²) < 4.78 is 5.17. The van der Waals surface area contributed by atoms with E-state index in [1.54, 1.807) is 19.2 Å². The molecule has 0 saturated heterocycles. The molecule has 0 aliphatic carbocycles. The Bertz CT molecular complexity index is 397. The summed E-state index contributed by atoms with van der Waals surface area (Å²) in [5.41, 5.74) is 6.22. The number of methoxy groups -OCH3 is 1. The van der Waals surface area contributed by atoms with Gasteiger partial charge in [-0.3, -0.25) is 4.79 Å². The summed E-state index contributed by atoms with van der Waals surface area (Å²) in [6, 6.07) is 7.18. The topological polar surface area (TPSA) is 64.3 Å². The van der Waals surface area contributed by atoms with Crippen LogP contribution in [0.1, 0.15) is 30.6 Å². The van der Waals surface area contributed by atoms with Gasteiger partial charge in [-0.15, -0.1) is 12.4 Å². The summed E-state index contributed by atoms with van der Waals surface area (Å²) in [7, 11) is 1.56. The first-order valence-corrected chi connectivity index (χ1v) is 6.22. The molecule has 1 atom stereocenters. The highest BCUT2D eigenvalue weighted by Crippen LogP contribution is 2.17. The standard InChI is InChI=1S/C14H22N2O2.ClH/c1-10(2)8-11(9-15)16-14(17)12-6-4-5-7-13(12)18-3;/h4-7,10-11H,8-9,15H2,1-3H3,(H,16,17);1H. The van der Waals surface area contributed by atoms with Gasteiger partial charge in [0.2, 0.25) is 0 Å². The average molecular weight is 287 g/mol. The molecule has 108 valence electrons. The fourth-order valence-electron chi connectivity index (χ4n) is 1.88. The van der Waals surface area contributed by atoms with Crippen molar-refractivity contribution < 1.29 is 9.53 Å². The maximum absolute atomic E-state index is 12.1. The molecule has 3 N–H and O–H groups in total. The Morgan fingerprint density at radius 2 is 2.00 bits per heavy atom. The number of ether oxygens (including phenoxy) is 1. The van der Waals surface area contributed by atoms with E-state index in [0.717, 1.165) is 6.42 Å². The Balaban J connectivity index is 0.00000324. The Morgan fingerprint density at radius 3 is 2.53 bits per heavy atom. The van der Waals surface area contributed by atoms with Crippen LogP contribution in [0.15, 0.2) is 24.3 Å². The maximum atomic E-state index is 12.1. The van der Waals surface area contributed by atoms with E-state index >= 15 is 0 Å². The van der Waals surface area contributed by atoms with Gasteiger partial charge in [0.15, 0.2) is 0 Å². The van der Waals surface area contributed by atoms with E-state index in [1.165, 1.54) is 0 Å². The summed E-state index contributed by atoms with van der Waals surface area (Å²) >= 11 is 0. The average Bonchev–Trinajstić information content (AvgIpc) is 2.37. The maximum Gasteiger partial charge on any atom is 0.255 e. The molecular weight excluding hydrogens is 264 g/mol. The predicted octanol–water partition coefficient (Wildman–Crippen LogP) is 2.22. The lowest BCUT2D eigenvalue weighted by Crippen LogP contribution is -2.41. The zero-order valence-electron chi connectivity index (χ0n) is 11.7. The number of hydrogen-bond acceptors (Lipinski definition) is 3. The van der Waals surface area contributed by atoms with Crippen LogP contribution in [0.4, 0.5) is 0 Å². The quantitative estimate of drug-likeness (QED) is 0.843. The Kier molecular flexibility index (Phi) is 8.19. The van der Waals surface area contributed by atoms with Crippen molar-refractivity contribution in [3.63, 3.8) is 0 Å². The van der Waals surface area contributed by atoms with E-state index in [0.29, 0.717) is 23.8 Å². The first-order valence-electron chi connectivity index (χ1n) is 6.22. The molecule has 0 fully saturated rings.